The molecule has 0 saturated carbocycles. The van der Waals surface area contributed by atoms with Gasteiger partial charge in [0.2, 0.25) is 5.91 Å². The number of nitrogens with zero attached hydrogens (tertiary/aromatic N) is 1. The zero-order chi connectivity index (χ0) is 18.5. The van der Waals surface area contributed by atoms with Gasteiger partial charge in [-0.05, 0) is 29.8 Å². The van der Waals surface area contributed by atoms with Gasteiger partial charge in [-0.1, -0.05) is 45.7 Å². The van der Waals surface area contributed by atoms with Crippen LogP contribution in [0.1, 0.15) is 11.1 Å². The minimum Gasteiger partial charge on any atom is -0.483 e. The van der Waals surface area contributed by atoms with Crippen LogP contribution in [-0.2, 0) is 22.6 Å². The number of amides is 2. The Labute approximate surface area is 165 Å². The van der Waals surface area contributed by atoms with E-state index in [4.69, 9.17) is 16.3 Å². The lowest BCUT2D eigenvalue weighted by atomic mass is 10.1. The minimum absolute atomic E-state index is 0.0143. The summed E-state index contributed by atoms with van der Waals surface area (Å²) in [7, 11) is 0. The zero-order valence-corrected chi connectivity index (χ0v) is 16.3. The van der Waals surface area contributed by atoms with E-state index in [-0.39, 0.29) is 24.8 Å². The van der Waals surface area contributed by atoms with Crippen molar-refractivity contribution in [2.45, 2.75) is 13.0 Å². The molecule has 0 atom stereocenters. The standard InChI is InChI=1S/C19H18BrClN2O3/c20-16-4-2-1-3-13(16)10-18(24)22-7-8-23-11-14-9-15(21)5-6-17(14)26-12-19(23)25/h1-6,9H,7-8,10-12H2,(H,22,24). The van der Waals surface area contributed by atoms with Crippen LogP contribution in [0.3, 0.4) is 0 Å². The van der Waals surface area contributed by atoms with Crippen LogP contribution in [0.4, 0.5) is 0 Å². The van der Waals surface area contributed by atoms with Crippen LogP contribution < -0.4 is 10.1 Å². The molecular weight excluding hydrogens is 420 g/mol. The van der Waals surface area contributed by atoms with E-state index < -0.39 is 0 Å². The van der Waals surface area contributed by atoms with Gasteiger partial charge in [0.15, 0.2) is 6.61 Å². The smallest absolute Gasteiger partial charge is 0.260 e. The number of hydrogen-bond acceptors (Lipinski definition) is 3. The molecular formula is C19H18BrClN2O3. The maximum Gasteiger partial charge on any atom is 0.260 e. The first-order valence-corrected chi connectivity index (χ1v) is 9.39. The van der Waals surface area contributed by atoms with E-state index >= 15 is 0 Å². The molecule has 0 bridgehead atoms. The highest BCUT2D eigenvalue weighted by molar-refractivity contribution is 9.10. The van der Waals surface area contributed by atoms with Crippen molar-refractivity contribution in [3.8, 4) is 5.75 Å². The molecule has 7 heteroatoms. The van der Waals surface area contributed by atoms with Crippen molar-refractivity contribution in [1.29, 1.82) is 0 Å². The summed E-state index contributed by atoms with van der Waals surface area (Å²) in [6.07, 6.45) is 0.289. The lowest BCUT2D eigenvalue weighted by Gasteiger charge is -2.20. The molecule has 2 aromatic rings. The van der Waals surface area contributed by atoms with Gasteiger partial charge in [0.1, 0.15) is 5.75 Å². The van der Waals surface area contributed by atoms with Gasteiger partial charge in [-0.3, -0.25) is 9.59 Å². The molecule has 2 amide bonds. The highest BCUT2D eigenvalue weighted by Crippen LogP contribution is 2.26. The number of ether oxygens (including phenoxy) is 1. The monoisotopic (exact) mass is 436 g/mol. The van der Waals surface area contributed by atoms with Crippen molar-refractivity contribution in [2.24, 2.45) is 0 Å². The molecule has 1 heterocycles. The molecule has 0 unspecified atom stereocenters. The summed E-state index contributed by atoms with van der Waals surface area (Å²) in [5.74, 6) is 0.472. The van der Waals surface area contributed by atoms with Crippen LogP contribution in [0.15, 0.2) is 46.9 Å². The summed E-state index contributed by atoms with van der Waals surface area (Å²) < 4.78 is 6.43. The van der Waals surface area contributed by atoms with Crippen LogP contribution in [-0.4, -0.2) is 36.4 Å². The van der Waals surface area contributed by atoms with E-state index in [2.05, 4.69) is 21.2 Å². The van der Waals surface area contributed by atoms with Crippen LogP contribution >= 0.6 is 27.5 Å². The normalized spacial score (nSPS) is 13.6. The molecule has 0 spiro atoms. The predicted octanol–water partition coefficient (Wildman–Crippen LogP) is 3.18. The fourth-order valence-electron chi connectivity index (χ4n) is 2.75. The molecule has 1 N–H and O–H groups in total. The fourth-order valence-corrected chi connectivity index (χ4v) is 3.37. The topological polar surface area (TPSA) is 58.6 Å². The molecule has 3 rings (SSSR count). The Morgan fingerprint density at radius 1 is 1.27 bits per heavy atom. The van der Waals surface area contributed by atoms with E-state index in [1.54, 1.807) is 23.1 Å². The van der Waals surface area contributed by atoms with Crippen LogP contribution in [0.2, 0.25) is 5.02 Å². The Balaban J connectivity index is 1.54. The van der Waals surface area contributed by atoms with Crippen molar-refractivity contribution in [2.75, 3.05) is 19.7 Å². The van der Waals surface area contributed by atoms with E-state index in [1.165, 1.54) is 0 Å². The van der Waals surface area contributed by atoms with Crippen molar-refractivity contribution in [3.63, 3.8) is 0 Å². The summed E-state index contributed by atoms with van der Waals surface area (Å²) in [6.45, 7) is 1.19. The number of hydrogen-bond donors (Lipinski definition) is 1. The Kier molecular flexibility index (Phi) is 6.16. The van der Waals surface area contributed by atoms with Crippen molar-refractivity contribution >= 4 is 39.3 Å². The molecule has 0 saturated heterocycles. The molecule has 1 aliphatic rings. The van der Waals surface area contributed by atoms with Gasteiger partial charge in [0.25, 0.3) is 5.91 Å². The van der Waals surface area contributed by atoms with Gasteiger partial charge >= 0.3 is 0 Å². The number of rotatable bonds is 5. The quantitative estimate of drug-likeness (QED) is 0.781. The van der Waals surface area contributed by atoms with Crippen LogP contribution in [0.25, 0.3) is 0 Å². The lowest BCUT2D eigenvalue weighted by molar-refractivity contribution is -0.133. The predicted molar refractivity (Wildman–Crippen MR) is 103 cm³/mol. The Bertz CT molecular complexity index is 828. The van der Waals surface area contributed by atoms with Gasteiger partial charge in [-0.25, -0.2) is 0 Å². The summed E-state index contributed by atoms with van der Waals surface area (Å²) in [4.78, 5) is 26.0. The lowest BCUT2D eigenvalue weighted by Crippen LogP contribution is -2.39. The highest BCUT2D eigenvalue weighted by Gasteiger charge is 2.21. The van der Waals surface area contributed by atoms with Crippen molar-refractivity contribution in [3.05, 3.63) is 63.1 Å². The largest absolute Gasteiger partial charge is 0.483 e. The third-order valence-electron chi connectivity index (χ3n) is 4.10. The number of fused-ring (bicyclic) bond motifs is 1. The molecule has 26 heavy (non-hydrogen) atoms. The number of halogens is 2. The zero-order valence-electron chi connectivity index (χ0n) is 14.0. The average Bonchev–Trinajstić information content (AvgIpc) is 2.76. The van der Waals surface area contributed by atoms with Gasteiger partial charge < -0.3 is 15.0 Å². The van der Waals surface area contributed by atoms with Crippen molar-refractivity contribution < 1.29 is 14.3 Å². The molecule has 1 aliphatic heterocycles. The second-order valence-corrected chi connectivity index (χ2v) is 7.26. The van der Waals surface area contributed by atoms with E-state index in [9.17, 15) is 9.59 Å². The number of carbonyl (C=O) groups excluding carboxylic acids is 2. The van der Waals surface area contributed by atoms with Gasteiger partial charge in [0.05, 0.1) is 6.42 Å². The first-order chi connectivity index (χ1) is 12.5. The SMILES string of the molecule is O=C(Cc1ccccc1Br)NCCN1Cc2cc(Cl)ccc2OCC1=O. The molecule has 0 fully saturated rings. The minimum atomic E-state index is -0.114. The van der Waals surface area contributed by atoms with E-state index in [0.29, 0.717) is 30.4 Å². The Morgan fingerprint density at radius 3 is 2.88 bits per heavy atom. The van der Waals surface area contributed by atoms with E-state index in [0.717, 1.165) is 15.6 Å². The average molecular weight is 438 g/mol. The summed E-state index contributed by atoms with van der Waals surface area (Å²) in [6, 6.07) is 12.9. The van der Waals surface area contributed by atoms with Gasteiger partial charge in [0, 0.05) is 34.7 Å². The molecule has 136 valence electrons. The maximum absolute atomic E-state index is 12.2. The number of carbonyl (C=O) groups is 2. The van der Waals surface area contributed by atoms with E-state index in [1.807, 2.05) is 24.3 Å². The molecule has 0 aromatic heterocycles. The number of nitrogens with one attached hydrogen (secondary N) is 1. The maximum atomic E-state index is 12.2. The fraction of sp³-hybridized carbons (Fsp3) is 0.263. The first-order valence-electron chi connectivity index (χ1n) is 8.22. The first kappa shape index (κ1) is 18.7. The second-order valence-electron chi connectivity index (χ2n) is 5.97. The Hall–Kier alpha value is -2.05. The summed E-state index contributed by atoms with van der Waals surface area (Å²) >= 11 is 9.47. The molecule has 2 aromatic carbocycles. The number of benzene rings is 2. The third kappa shape index (κ3) is 4.77. The van der Waals surface area contributed by atoms with Crippen LogP contribution in [0.5, 0.6) is 5.75 Å². The molecule has 5 nitrogen and oxygen atoms in total. The van der Waals surface area contributed by atoms with Crippen molar-refractivity contribution in [1.82, 2.24) is 10.2 Å². The van der Waals surface area contributed by atoms with Gasteiger partial charge in [-0.2, -0.15) is 0 Å². The Morgan fingerprint density at radius 2 is 2.08 bits per heavy atom. The second kappa shape index (κ2) is 8.56. The summed E-state index contributed by atoms with van der Waals surface area (Å²) in [5, 5.41) is 3.46. The summed E-state index contributed by atoms with van der Waals surface area (Å²) in [5.41, 5.74) is 1.79. The third-order valence-corrected chi connectivity index (χ3v) is 5.11. The van der Waals surface area contributed by atoms with Gasteiger partial charge in [-0.15, -0.1) is 0 Å². The van der Waals surface area contributed by atoms with Crippen LogP contribution in [0, 0.1) is 0 Å². The molecule has 0 radical (unpaired) electrons. The highest BCUT2D eigenvalue weighted by atomic mass is 79.9. The molecule has 0 aliphatic carbocycles.